The average molecular weight is 271 g/mol. The van der Waals surface area contributed by atoms with Gasteiger partial charge in [-0.2, -0.15) is 0 Å². The molecule has 1 rings (SSSR count). The molecule has 0 saturated heterocycles. The maximum absolute atomic E-state index is 11.3. The molecule has 0 saturated carbocycles. The van der Waals surface area contributed by atoms with E-state index in [1.165, 1.54) is 13.2 Å². The molecule has 80 valence electrons. The van der Waals surface area contributed by atoms with Gasteiger partial charge in [0, 0.05) is 23.8 Å². The molecule has 0 aliphatic heterocycles. The van der Waals surface area contributed by atoms with Gasteiger partial charge < -0.3 is 0 Å². The first-order valence-electron chi connectivity index (χ1n) is 4.25. The first-order chi connectivity index (χ1) is 7.13. The highest BCUT2D eigenvalue weighted by molar-refractivity contribution is 9.10. The van der Waals surface area contributed by atoms with Crippen molar-refractivity contribution in [2.45, 2.75) is 0 Å². The highest BCUT2D eigenvalue weighted by Gasteiger charge is 2.01. The topological polar surface area (TPSA) is 42.4 Å². The van der Waals surface area contributed by atoms with Crippen LogP contribution in [0.25, 0.3) is 6.08 Å². The van der Waals surface area contributed by atoms with Gasteiger partial charge in [0.2, 0.25) is 0 Å². The molecule has 0 unspecified atom stereocenters. The fourth-order valence-electron chi connectivity index (χ4n) is 0.837. The van der Waals surface area contributed by atoms with Crippen LogP contribution in [0.4, 0.5) is 0 Å². The summed E-state index contributed by atoms with van der Waals surface area (Å²) in [5.41, 5.74) is 0.719. The highest BCUT2D eigenvalue weighted by Crippen LogP contribution is 2.08. The lowest BCUT2D eigenvalue weighted by molar-refractivity contribution is -0.162. The molecule has 4 nitrogen and oxygen atoms in total. The minimum absolute atomic E-state index is 0.234. The second kappa shape index (κ2) is 5.63. The Bertz CT molecular complexity index is 362. The molecule has 0 aromatic carbocycles. The summed E-state index contributed by atoms with van der Waals surface area (Å²) in [7, 11) is 2.98. The summed E-state index contributed by atoms with van der Waals surface area (Å²) < 4.78 is 0.903. The van der Waals surface area contributed by atoms with E-state index in [9.17, 15) is 4.79 Å². The number of carbonyl (C=O) groups is 1. The molecule has 0 N–H and O–H groups in total. The molecule has 0 aliphatic rings. The molecule has 0 fully saturated rings. The number of hydroxylamine groups is 2. The summed E-state index contributed by atoms with van der Waals surface area (Å²) in [6, 6.07) is 3.66. The first-order valence-corrected chi connectivity index (χ1v) is 5.04. The van der Waals surface area contributed by atoms with Crippen LogP contribution in [0.15, 0.2) is 28.9 Å². The zero-order chi connectivity index (χ0) is 11.3. The molecule has 1 aromatic rings. The fourth-order valence-corrected chi connectivity index (χ4v) is 1.07. The van der Waals surface area contributed by atoms with Crippen molar-refractivity contribution in [3.8, 4) is 0 Å². The molecule has 0 radical (unpaired) electrons. The Morgan fingerprint density at radius 1 is 1.60 bits per heavy atom. The van der Waals surface area contributed by atoms with Crippen LogP contribution in [0.3, 0.4) is 0 Å². The van der Waals surface area contributed by atoms with E-state index in [0.717, 1.165) is 15.2 Å². The van der Waals surface area contributed by atoms with E-state index in [1.807, 2.05) is 6.07 Å². The summed E-state index contributed by atoms with van der Waals surface area (Å²) in [4.78, 5) is 20.1. The SMILES string of the molecule is CON(C)C(=O)/C=C/c1ccc(Br)cn1. The van der Waals surface area contributed by atoms with E-state index >= 15 is 0 Å². The van der Waals surface area contributed by atoms with E-state index in [-0.39, 0.29) is 5.91 Å². The summed E-state index contributed by atoms with van der Waals surface area (Å²) in [6.07, 6.45) is 4.70. The van der Waals surface area contributed by atoms with Crippen LogP contribution in [0.1, 0.15) is 5.69 Å². The number of amides is 1. The van der Waals surface area contributed by atoms with E-state index in [2.05, 4.69) is 20.9 Å². The molecular weight excluding hydrogens is 260 g/mol. The molecule has 1 aromatic heterocycles. The Balaban J connectivity index is 2.65. The van der Waals surface area contributed by atoms with Crippen LogP contribution < -0.4 is 0 Å². The molecule has 1 amide bonds. The number of hydrogen-bond donors (Lipinski definition) is 0. The second-order valence-electron chi connectivity index (χ2n) is 2.75. The van der Waals surface area contributed by atoms with Crippen molar-refractivity contribution in [1.29, 1.82) is 0 Å². The van der Waals surface area contributed by atoms with E-state index in [0.29, 0.717) is 0 Å². The van der Waals surface area contributed by atoms with Gasteiger partial charge in [-0.25, -0.2) is 5.06 Å². The fraction of sp³-hybridized carbons (Fsp3) is 0.200. The van der Waals surface area contributed by atoms with Crippen molar-refractivity contribution in [2.24, 2.45) is 0 Å². The zero-order valence-electron chi connectivity index (χ0n) is 8.48. The van der Waals surface area contributed by atoms with Crippen LogP contribution in [0.2, 0.25) is 0 Å². The van der Waals surface area contributed by atoms with Gasteiger partial charge in [0.05, 0.1) is 12.8 Å². The quantitative estimate of drug-likeness (QED) is 0.622. The Morgan fingerprint density at radius 3 is 2.87 bits per heavy atom. The lowest BCUT2D eigenvalue weighted by Crippen LogP contribution is -2.22. The molecular formula is C10H11BrN2O2. The smallest absolute Gasteiger partial charge is 0.269 e. The van der Waals surface area contributed by atoms with Gasteiger partial charge in [-0.15, -0.1) is 0 Å². The van der Waals surface area contributed by atoms with E-state index in [1.54, 1.807) is 25.4 Å². The lowest BCUT2D eigenvalue weighted by atomic mass is 10.3. The van der Waals surface area contributed by atoms with Gasteiger partial charge in [-0.3, -0.25) is 14.6 Å². The van der Waals surface area contributed by atoms with Gasteiger partial charge in [0.1, 0.15) is 0 Å². The average Bonchev–Trinajstić information content (AvgIpc) is 2.26. The van der Waals surface area contributed by atoms with Gasteiger partial charge in [-0.1, -0.05) is 0 Å². The molecule has 0 spiro atoms. The monoisotopic (exact) mass is 270 g/mol. The number of nitrogens with zero attached hydrogens (tertiary/aromatic N) is 2. The summed E-state index contributed by atoms with van der Waals surface area (Å²) in [6.45, 7) is 0. The maximum Gasteiger partial charge on any atom is 0.269 e. The standard InChI is InChI=1S/C10H11BrN2O2/c1-13(15-2)10(14)6-5-9-4-3-8(11)7-12-9/h3-7H,1-2H3/b6-5+. The van der Waals surface area contributed by atoms with Crippen molar-refractivity contribution < 1.29 is 9.63 Å². The number of aromatic nitrogens is 1. The predicted molar refractivity (Wildman–Crippen MR) is 60.8 cm³/mol. The second-order valence-corrected chi connectivity index (χ2v) is 3.67. The largest absolute Gasteiger partial charge is 0.274 e. The number of halogens is 1. The molecule has 15 heavy (non-hydrogen) atoms. The zero-order valence-corrected chi connectivity index (χ0v) is 10.1. The third kappa shape index (κ3) is 3.81. The van der Waals surface area contributed by atoms with Gasteiger partial charge in [-0.05, 0) is 34.1 Å². The number of likely N-dealkylation sites (N-methyl/N-ethyl adjacent to an activating group) is 1. The third-order valence-corrected chi connectivity index (χ3v) is 2.20. The van der Waals surface area contributed by atoms with E-state index in [4.69, 9.17) is 4.84 Å². The Kier molecular flexibility index (Phi) is 4.45. The maximum atomic E-state index is 11.3. The van der Waals surface area contributed by atoms with E-state index < -0.39 is 0 Å². The van der Waals surface area contributed by atoms with Crippen LogP contribution >= 0.6 is 15.9 Å². The van der Waals surface area contributed by atoms with Crippen molar-refractivity contribution in [1.82, 2.24) is 10.0 Å². The Labute approximate surface area is 96.6 Å². The number of carbonyl (C=O) groups excluding carboxylic acids is 1. The minimum Gasteiger partial charge on any atom is -0.274 e. The van der Waals surface area contributed by atoms with Crippen LogP contribution in [-0.4, -0.2) is 30.1 Å². The van der Waals surface area contributed by atoms with Crippen LogP contribution in [-0.2, 0) is 9.63 Å². The normalized spacial score (nSPS) is 10.6. The molecule has 0 aliphatic carbocycles. The minimum atomic E-state index is -0.234. The Hall–Kier alpha value is -1.20. The molecule has 1 heterocycles. The van der Waals surface area contributed by atoms with Crippen molar-refractivity contribution in [3.63, 3.8) is 0 Å². The molecule has 0 atom stereocenters. The third-order valence-electron chi connectivity index (χ3n) is 1.73. The molecule has 5 heteroatoms. The van der Waals surface area contributed by atoms with Crippen LogP contribution in [0.5, 0.6) is 0 Å². The lowest BCUT2D eigenvalue weighted by Gasteiger charge is -2.09. The summed E-state index contributed by atoms with van der Waals surface area (Å²) in [5, 5.41) is 1.13. The number of pyridine rings is 1. The van der Waals surface area contributed by atoms with Crippen LogP contribution in [0, 0.1) is 0 Å². The number of rotatable bonds is 3. The first kappa shape index (κ1) is 11.9. The van der Waals surface area contributed by atoms with Gasteiger partial charge >= 0.3 is 0 Å². The number of hydrogen-bond acceptors (Lipinski definition) is 3. The van der Waals surface area contributed by atoms with Crippen molar-refractivity contribution >= 4 is 27.9 Å². The van der Waals surface area contributed by atoms with Gasteiger partial charge in [0.15, 0.2) is 0 Å². The Morgan fingerprint density at radius 2 is 2.33 bits per heavy atom. The highest BCUT2D eigenvalue weighted by atomic mass is 79.9. The van der Waals surface area contributed by atoms with Crippen molar-refractivity contribution in [2.75, 3.05) is 14.2 Å². The van der Waals surface area contributed by atoms with Crippen molar-refractivity contribution in [3.05, 3.63) is 34.6 Å². The van der Waals surface area contributed by atoms with Gasteiger partial charge in [0.25, 0.3) is 5.91 Å². The molecule has 0 bridgehead atoms. The summed E-state index contributed by atoms with van der Waals surface area (Å²) >= 11 is 3.28. The summed E-state index contributed by atoms with van der Waals surface area (Å²) in [5.74, 6) is -0.234. The predicted octanol–water partition coefficient (Wildman–Crippen LogP) is 1.88.